The molecule has 1 heterocycles. The lowest BCUT2D eigenvalue weighted by Crippen LogP contribution is -2.51. The number of rotatable bonds is 3. The van der Waals surface area contributed by atoms with E-state index in [2.05, 4.69) is 0 Å². The Morgan fingerprint density at radius 2 is 2.12 bits per heavy atom. The summed E-state index contributed by atoms with van der Waals surface area (Å²) in [6, 6.07) is 9.31. The zero-order valence-electron chi connectivity index (χ0n) is 8.91. The number of aliphatic hydroxyl groups excluding tert-OH is 1. The van der Waals surface area contributed by atoms with Crippen LogP contribution in [0.3, 0.4) is 0 Å². The minimum atomic E-state index is -0.892. The first kappa shape index (κ1) is 11.0. The molecule has 4 heteroatoms. The first-order valence-electron chi connectivity index (χ1n) is 5.41. The highest BCUT2D eigenvalue weighted by Gasteiger charge is 2.33. The molecule has 1 aliphatic rings. The van der Waals surface area contributed by atoms with Crippen molar-refractivity contribution in [3.05, 3.63) is 35.9 Å². The van der Waals surface area contributed by atoms with Crippen molar-refractivity contribution >= 4 is 6.09 Å². The maximum absolute atomic E-state index is 10.8. The highest BCUT2D eigenvalue weighted by Crippen LogP contribution is 2.27. The minimum Gasteiger partial charge on any atom is -0.465 e. The summed E-state index contributed by atoms with van der Waals surface area (Å²) in [5.41, 5.74) is 0.847. The molecule has 1 saturated heterocycles. The number of carbonyl (C=O) groups is 1. The van der Waals surface area contributed by atoms with Crippen molar-refractivity contribution in [2.24, 2.45) is 0 Å². The van der Waals surface area contributed by atoms with Gasteiger partial charge in [-0.1, -0.05) is 30.3 Å². The molecule has 0 saturated carbocycles. The highest BCUT2D eigenvalue weighted by molar-refractivity contribution is 5.66. The van der Waals surface area contributed by atoms with E-state index in [1.165, 1.54) is 4.90 Å². The molecule has 16 heavy (non-hydrogen) atoms. The van der Waals surface area contributed by atoms with Gasteiger partial charge >= 0.3 is 6.09 Å². The molecule has 0 bridgehead atoms. The predicted molar refractivity (Wildman–Crippen MR) is 59.2 cm³/mol. The second kappa shape index (κ2) is 4.53. The van der Waals surface area contributed by atoms with E-state index in [4.69, 9.17) is 5.11 Å². The Bertz CT molecular complexity index is 366. The third-order valence-corrected chi connectivity index (χ3v) is 3.07. The maximum atomic E-state index is 10.8. The van der Waals surface area contributed by atoms with Gasteiger partial charge in [-0.05, 0) is 18.4 Å². The molecule has 0 aliphatic carbocycles. The zero-order chi connectivity index (χ0) is 11.5. The number of hydrogen-bond acceptors (Lipinski definition) is 2. The van der Waals surface area contributed by atoms with Gasteiger partial charge in [-0.2, -0.15) is 0 Å². The van der Waals surface area contributed by atoms with Crippen LogP contribution in [0.4, 0.5) is 4.79 Å². The van der Waals surface area contributed by atoms with E-state index in [-0.39, 0.29) is 6.04 Å². The Morgan fingerprint density at radius 1 is 1.44 bits per heavy atom. The van der Waals surface area contributed by atoms with Crippen molar-refractivity contribution in [3.63, 3.8) is 0 Å². The van der Waals surface area contributed by atoms with Crippen molar-refractivity contribution in [1.29, 1.82) is 0 Å². The topological polar surface area (TPSA) is 60.8 Å². The van der Waals surface area contributed by atoms with Crippen LogP contribution in [0.2, 0.25) is 0 Å². The molecule has 2 rings (SSSR count). The Balaban J connectivity index is 1.93. The molecule has 2 N–H and O–H groups in total. The van der Waals surface area contributed by atoms with Crippen LogP contribution in [0.5, 0.6) is 0 Å². The van der Waals surface area contributed by atoms with E-state index in [1.807, 2.05) is 30.3 Å². The third-order valence-electron chi connectivity index (χ3n) is 3.07. The van der Waals surface area contributed by atoms with Crippen molar-refractivity contribution in [2.75, 3.05) is 6.54 Å². The quantitative estimate of drug-likeness (QED) is 0.819. The second-order valence-corrected chi connectivity index (χ2v) is 4.08. The van der Waals surface area contributed by atoms with Crippen LogP contribution in [0.15, 0.2) is 30.3 Å². The largest absolute Gasteiger partial charge is 0.465 e. The monoisotopic (exact) mass is 221 g/mol. The Morgan fingerprint density at radius 3 is 2.62 bits per heavy atom. The lowest BCUT2D eigenvalue weighted by Gasteiger charge is -2.39. The molecular weight excluding hydrogens is 206 g/mol. The van der Waals surface area contributed by atoms with E-state index in [1.54, 1.807) is 0 Å². The van der Waals surface area contributed by atoms with Crippen LogP contribution in [-0.2, 0) is 0 Å². The van der Waals surface area contributed by atoms with Crippen molar-refractivity contribution < 1.29 is 15.0 Å². The number of carboxylic acid groups (broad SMARTS) is 1. The number of hydrogen-bond donors (Lipinski definition) is 2. The van der Waals surface area contributed by atoms with Gasteiger partial charge in [0.15, 0.2) is 0 Å². The number of nitrogens with zero attached hydrogens (tertiary/aromatic N) is 1. The summed E-state index contributed by atoms with van der Waals surface area (Å²) in [6.45, 7) is 0.585. The molecule has 1 amide bonds. The molecule has 4 nitrogen and oxygen atoms in total. The van der Waals surface area contributed by atoms with Crippen LogP contribution in [0.25, 0.3) is 0 Å². The van der Waals surface area contributed by atoms with Gasteiger partial charge in [0.1, 0.15) is 0 Å². The fourth-order valence-electron chi connectivity index (χ4n) is 2.01. The van der Waals surface area contributed by atoms with Gasteiger partial charge in [0.05, 0.1) is 6.10 Å². The second-order valence-electron chi connectivity index (χ2n) is 4.08. The van der Waals surface area contributed by atoms with Gasteiger partial charge in [0, 0.05) is 12.6 Å². The Hall–Kier alpha value is -1.55. The van der Waals surface area contributed by atoms with Crippen LogP contribution in [0.1, 0.15) is 24.5 Å². The fourth-order valence-corrected chi connectivity index (χ4v) is 2.01. The molecular formula is C12H15NO3. The van der Waals surface area contributed by atoms with E-state index in [0.717, 1.165) is 12.0 Å². The fraction of sp³-hybridized carbons (Fsp3) is 0.417. The van der Waals surface area contributed by atoms with Crippen molar-refractivity contribution in [2.45, 2.75) is 25.0 Å². The summed E-state index contributed by atoms with van der Waals surface area (Å²) >= 11 is 0. The molecule has 0 aromatic heterocycles. The van der Waals surface area contributed by atoms with Gasteiger partial charge in [0.25, 0.3) is 0 Å². The Labute approximate surface area is 94.1 Å². The number of amides is 1. The van der Waals surface area contributed by atoms with Crippen LogP contribution in [0, 0.1) is 0 Å². The molecule has 1 aromatic carbocycles. The summed E-state index contributed by atoms with van der Waals surface area (Å²) in [5.74, 6) is 0. The lowest BCUT2D eigenvalue weighted by atomic mass is 9.94. The van der Waals surface area contributed by atoms with E-state index in [0.29, 0.717) is 13.0 Å². The smallest absolute Gasteiger partial charge is 0.407 e. The molecule has 0 unspecified atom stereocenters. The summed E-state index contributed by atoms with van der Waals surface area (Å²) in [6.07, 6.45) is -0.142. The van der Waals surface area contributed by atoms with Crippen LogP contribution < -0.4 is 0 Å². The van der Waals surface area contributed by atoms with Gasteiger partial charge < -0.3 is 15.1 Å². The number of benzene rings is 1. The van der Waals surface area contributed by atoms with Gasteiger partial charge in [-0.25, -0.2) is 4.79 Å². The lowest BCUT2D eigenvalue weighted by molar-refractivity contribution is 0.0415. The van der Waals surface area contributed by atoms with Gasteiger partial charge in [0.2, 0.25) is 0 Å². The predicted octanol–water partition coefficient (Wildman–Crippen LogP) is 1.86. The number of likely N-dealkylation sites (tertiary alicyclic amines) is 1. The molecule has 1 aromatic rings. The summed E-state index contributed by atoms with van der Waals surface area (Å²) in [7, 11) is 0. The molecule has 1 aliphatic heterocycles. The standard InChI is InChI=1S/C12H15NO3/c14-11(9-4-2-1-3-5-9)8-10-6-7-13(10)12(15)16/h1-5,10-11,14H,6-8H2,(H,15,16)/t10-,11+/m0/s1. The molecule has 86 valence electrons. The van der Waals surface area contributed by atoms with E-state index >= 15 is 0 Å². The van der Waals surface area contributed by atoms with Crippen molar-refractivity contribution in [3.8, 4) is 0 Å². The molecule has 1 fully saturated rings. The molecule has 0 spiro atoms. The number of aliphatic hydroxyl groups is 1. The third kappa shape index (κ3) is 2.17. The van der Waals surface area contributed by atoms with Crippen molar-refractivity contribution in [1.82, 2.24) is 4.90 Å². The SMILES string of the molecule is O=C(O)N1CC[C@H]1C[C@@H](O)c1ccccc1. The average molecular weight is 221 g/mol. The Kier molecular flexibility index (Phi) is 3.10. The van der Waals surface area contributed by atoms with E-state index < -0.39 is 12.2 Å². The first-order valence-corrected chi connectivity index (χ1v) is 5.41. The maximum Gasteiger partial charge on any atom is 0.407 e. The van der Waals surface area contributed by atoms with Crippen LogP contribution in [-0.4, -0.2) is 33.8 Å². The average Bonchev–Trinajstić information content (AvgIpc) is 2.24. The summed E-state index contributed by atoms with van der Waals surface area (Å²) in [4.78, 5) is 12.1. The zero-order valence-corrected chi connectivity index (χ0v) is 8.91. The normalized spacial score (nSPS) is 21.3. The molecule has 0 radical (unpaired) electrons. The van der Waals surface area contributed by atoms with E-state index in [9.17, 15) is 9.90 Å². The minimum absolute atomic E-state index is 0.0345. The summed E-state index contributed by atoms with van der Waals surface area (Å²) < 4.78 is 0. The van der Waals surface area contributed by atoms with Crippen LogP contribution >= 0.6 is 0 Å². The highest BCUT2D eigenvalue weighted by atomic mass is 16.4. The summed E-state index contributed by atoms with van der Waals surface area (Å²) in [5, 5.41) is 18.8. The van der Waals surface area contributed by atoms with Gasteiger partial charge in [-0.15, -0.1) is 0 Å². The molecule has 2 atom stereocenters. The van der Waals surface area contributed by atoms with Gasteiger partial charge in [-0.3, -0.25) is 0 Å². The first-order chi connectivity index (χ1) is 7.68.